The fraction of sp³-hybridized carbons (Fsp3) is 0.538. The van der Waals surface area contributed by atoms with Gasteiger partial charge in [-0.25, -0.2) is 0 Å². The molecule has 0 unspecified atom stereocenters. The summed E-state index contributed by atoms with van der Waals surface area (Å²) in [5.74, 6) is -1.47. The molecular weight excluding hydrogens is 218 g/mol. The lowest BCUT2D eigenvalue weighted by Crippen LogP contribution is -2.48. The van der Waals surface area contributed by atoms with Crippen molar-refractivity contribution >= 4 is 11.9 Å². The van der Waals surface area contributed by atoms with E-state index in [4.69, 9.17) is 5.11 Å². The number of hydrogen-bond acceptors (Lipinski definition) is 2. The van der Waals surface area contributed by atoms with E-state index in [1.807, 2.05) is 31.2 Å². The molecule has 0 aromatic carbocycles. The van der Waals surface area contributed by atoms with E-state index in [-0.39, 0.29) is 17.9 Å². The third-order valence-electron chi connectivity index (χ3n) is 3.75. The Balaban J connectivity index is 2.22. The second kappa shape index (κ2) is 4.35. The van der Waals surface area contributed by atoms with E-state index in [0.717, 1.165) is 12.8 Å². The molecule has 0 aromatic rings. The monoisotopic (exact) mass is 235 g/mol. The summed E-state index contributed by atoms with van der Waals surface area (Å²) in [4.78, 5) is 24.7. The third-order valence-corrected chi connectivity index (χ3v) is 3.75. The van der Waals surface area contributed by atoms with E-state index in [0.29, 0.717) is 6.54 Å². The number of aliphatic carboxylic acids is 1. The van der Waals surface area contributed by atoms with Gasteiger partial charge in [0, 0.05) is 13.0 Å². The summed E-state index contributed by atoms with van der Waals surface area (Å²) in [7, 11) is 0. The maximum atomic E-state index is 12.0. The van der Waals surface area contributed by atoms with Crippen LogP contribution in [0.2, 0.25) is 0 Å². The molecule has 1 heterocycles. The molecule has 1 aliphatic carbocycles. The first-order valence-corrected chi connectivity index (χ1v) is 5.97. The Bertz CT molecular complexity index is 399. The van der Waals surface area contributed by atoms with E-state index in [2.05, 4.69) is 0 Å². The highest BCUT2D eigenvalue weighted by Crippen LogP contribution is 2.34. The normalized spacial score (nSPS) is 32.2. The van der Waals surface area contributed by atoms with Gasteiger partial charge in [-0.1, -0.05) is 31.2 Å². The molecule has 0 spiro atoms. The van der Waals surface area contributed by atoms with Crippen molar-refractivity contribution in [1.82, 2.24) is 4.90 Å². The second-order valence-electron chi connectivity index (χ2n) is 4.69. The van der Waals surface area contributed by atoms with E-state index in [9.17, 15) is 9.59 Å². The first-order chi connectivity index (χ1) is 8.09. The van der Waals surface area contributed by atoms with Crippen LogP contribution in [0.1, 0.15) is 26.2 Å². The zero-order valence-corrected chi connectivity index (χ0v) is 9.93. The quantitative estimate of drug-likeness (QED) is 0.808. The lowest BCUT2D eigenvalue weighted by Gasteiger charge is -2.39. The molecule has 92 valence electrons. The molecule has 0 aromatic heterocycles. The molecule has 17 heavy (non-hydrogen) atoms. The van der Waals surface area contributed by atoms with Crippen LogP contribution in [0.5, 0.6) is 0 Å². The zero-order valence-electron chi connectivity index (χ0n) is 9.93. The fourth-order valence-corrected chi connectivity index (χ4v) is 2.61. The number of allylic oxidation sites excluding steroid dienone is 2. The van der Waals surface area contributed by atoms with Crippen LogP contribution < -0.4 is 0 Å². The van der Waals surface area contributed by atoms with Crippen LogP contribution in [0.15, 0.2) is 24.3 Å². The van der Waals surface area contributed by atoms with Crippen molar-refractivity contribution in [3.05, 3.63) is 24.3 Å². The summed E-state index contributed by atoms with van der Waals surface area (Å²) in [5.41, 5.74) is -0.309. The van der Waals surface area contributed by atoms with Crippen molar-refractivity contribution in [3.63, 3.8) is 0 Å². The summed E-state index contributed by atoms with van der Waals surface area (Å²) < 4.78 is 0. The first-order valence-electron chi connectivity index (χ1n) is 5.97. The average Bonchev–Trinajstić information content (AvgIpc) is 2.73. The smallest absolute Gasteiger partial charge is 0.308 e. The minimum atomic E-state index is -0.873. The number of likely N-dealkylation sites (tertiary alicyclic amines) is 1. The minimum absolute atomic E-state index is 0.0424. The van der Waals surface area contributed by atoms with Crippen LogP contribution in [0.4, 0.5) is 0 Å². The largest absolute Gasteiger partial charge is 0.481 e. The van der Waals surface area contributed by atoms with Crippen LogP contribution >= 0.6 is 0 Å². The van der Waals surface area contributed by atoms with Crippen molar-refractivity contribution in [2.75, 3.05) is 6.54 Å². The van der Waals surface area contributed by atoms with Crippen LogP contribution in [-0.4, -0.2) is 34.0 Å². The molecule has 1 aliphatic heterocycles. The second-order valence-corrected chi connectivity index (χ2v) is 4.69. The molecular formula is C13H17NO3. The van der Waals surface area contributed by atoms with E-state index >= 15 is 0 Å². The van der Waals surface area contributed by atoms with Gasteiger partial charge in [0.2, 0.25) is 5.91 Å². The molecule has 0 saturated carbocycles. The van der Waals surface area contributed by atoms with Gasteiger partial charge < -0.3 is 10.0 Å². The van der Waals surface area contributed by atoms with Crippen molar-refractivity contribution in [3.8, 4) is 0 Å². The van der Waals surface area contributed by atoms with Crippen molar-refractivity contribution in [2.24, 2.45) is 5.92 Å². The Morgan fingerprint density at radius 2 is 2.35 bits per heavy atom. The highest BCUT2D eigenvalue weighted by molar-refractivity contribution is 5.86. The molecule has 0 radical (unpaired) electrons. The lowest BCUT2D eigenvalue weighted by atomic mass is 9.87. The number of nitrogens with zero attached hydrogens (tertiary/aromatic N) is 1. The summed E-state index contributed by atoms with van der Waals surface area (Å²) in [6.45, 7) is 2.37. The van der Waals surface area contributed by atoms with Gasteiger partial charge in [-0.3, -0.25) is 9.59 Å². The highest BCUT2D eigenvalue weighted by atomic mass is 16.4. The number of carbonyl (C=O) groups excluding carboxylic acids is 1. The predicted octanol–water partition coefficient (Wildman–Crippen LogP) is 1.58. The zero-order chi connectivity index (χ0) is 12.5. The van der Waals surface area contributed by atoms with Gasteiger partial charge in [-0.15, -0.1) is 0 Å². The summed E-state index contributed by atoms with van der Waals surface area (Å²) >= 11 is 0. The maximum absolute atomic E-state index is 12.0. The van der Waals surface area contributed by atoms with Gasteiger partial charge in [0.05, 0.1) is 11.5 Å². The Labute approximate surface area is 101 Å². The number of rotatable bonds is 3. The number of carboxylic acids is 1. The van der Waals surface area contributed by atoms with E-state index in [1.54, 1.807) is 4.90 Å². The average molecular weight is 235 g/mol. The Morgan fingerprint density at radius 3 is 2.82 bits per heavy atom. The summed E-state index contributed by atoms with van der Waals surface area (Å²) in [6, 6.07) is 0. The molecule has 4 nitrogen and oxygen atoms in total. The standard InChI is InChI=1S/C13H17NO3/c1-2-13(6-4-3-5-7-13)14-9-10(12(16)17)8-11(14)15/h3-6,10H,2,7-9H2,1H3,(H,16,17)/t10-,13-/m1/s1. The minimum Gasteiger partial charge on any atom is -0.481 e. The van der Waals surface area contributed by atoms with Gasteiger partial charge in [-0.05, 0) is 12.8 Å². The molecule has 4 heteroatoms. The summed E-state index contributed by atoms with van der Waals surface area (Å²) in [5, 5.41) is 8.99. The molecule has 2 rings (SSSR count). The van der Waals surface area contributed by atoms with Crippen LogP contribution in [-0.2, 0) is 9.59 Å². The predicted molar refractivity (Wildman–Crippen MR) is 63.4 cm³/mol. The number of carboxylic acid groups (broad SMARTS) is 1. The Kier molecular flexibility index (Phi) is 3.05. The van der Waals surface area contributed by atoms with Gasteiger partial charge in [-0.2, -0.15) is 0 Å². The van der Waals surface area contributed by atoms with Crippen molar-refractivity contribution in [2.45, 2.75) is 31.7 Å². The van der Waals surface area contributed by atoms with Gasteiger partial charge in [0.15, 0.2) is 0 Å². The van der Waals surface area contributed by atoms with Gasteiger partial charge >= 0.3 is 5.97 Å². The molecule has 1 saturated heterocycles. The lowest BCUT2D eigenvalue weighted by molar-refractivity contribution is -0.141. The first kappa shape index (κ1) is 11.9. The molecule has 1 amide bonds. The van der Waals surface area contributed by atoms with Crippen LogP contribution in [0, 0.1) is 5.92 Å². The molecule has 0 bridgehead atoms. The van der Waals surface area contributed by atoms with Crippen molar-refractivity contribution in [1.29, 1.82) is 0 Å². The van der Waals surface area contributed by atoms with Crippen LogP contribution in [0.3, 0.4) is 0 Å². The topological polar surface area (TPSA) is 57.6 Å². The van der Waals surface area contributed by atoms with E-state index < -0.39 is 11.9 Å². The van der Waals surface area contributed by atoms with Gasteiger partial charge in [0.25, 0.3) is 0 Å². The molecule has 1 N–H and O–H groups in total. The maximum Gasteiger partial charge on any atom is 0.308 e. The summed E-state index contributed by atoms with van der Waals surface area (Å²) in [6.07, 6.45) is 9.68. The van der Waals surface area contributed by atoms with Crippen LogP contribution in [0.25, 0.3) is 0 Å². The molecule has 1 fully saturated rings. The number of carbonyl (C=O) groups is 2. The molecule has 2 atom stereocenters. The van der Waals surface area contributed by atoms with E-state index in [1.165, 1.54) is 0 Å². The fourth-order valence-electron chi connectivity index (χ4n) is 2.61. The number of hydrogen-bond donors (Lipinski definition) is 1. The molecule has 2 aliphatic rings. The van der Waals surface area contributed by atoms with Crippen molar-refractivity contribution < 1.29 is 14.7 Å². The van der Waals surface area contributed by atoms with Gasteiger partial charge in [0.1, 0.15) is 0 Å². The Morgan fingerprint density at radius 1 is 1.59 bits per heavy atom. The third kappa shape index (κ3) is 1.99. The number of amides is 1. The SMILES string of the molecule is CC[C@@]1(N2C[C@H](C(=O)O)CC2=O)C=CC=CC1. The Hall–Kier alpha value is -1.58. The highest BCUT2D eigenvalue weighted by Gasteiger charge is 2.43.